The lowest BCUT2D eigenvalue weighted by Crippen LogP contribution is -2.02. The van der Waals surface area contributed by atoms with Crippen LogP contribution in [0, 0.1) is 17.1 Å². The Morgan fingerprint density at radius 2 is 1.82 bits per heavy atom. The van der Waals surface area contributed by atoms with E-state index in [9.17, 15) is 9.50 Å². The minimum atomic E-state index is -1.05. The smallest absolute Gasteiger partial charge is 0.129 e. The highest BCUT2D eigenvalue weighted by Gasteiger charge is 2.15. The van der Waals surface area contributed by atoms with Crippen LogP contribution in [0.2, 0.25) is 0 Å². The summed E-state index contributed by atoms with van der Waals surface area (Å²) in [4.78, 5) is 0. The molecule has 2 nitrogen and oxygen atoms in total. The maximum absolute atomic E-state index is 13.6. The fraction of sp³-hybridized carbons (Fsp3) is 0.0714. The topological polar surface area (TPSA) is 44.0 Å². The van der Waals surface area contributed by atoms with Crippen molar-refractivity contribution in [2.75, 3.05) is 0 Å². The van der Waals surface area contributed by atoms with Gasteiger partial charge >= 0.3 is 0 Å². The standard InChI is InChI=1S/C14H10FNO/c15-13-7-6-10(9-16)8-12(13)14(17)11-4-2-1-3-5-11/h1-8,14,17H. The van der Waals surface area contributed by atoms with Gasteiger partial charge in [-0.1, -0.05) is 30.3 Å². The summed E-state index contributed by atoms with van der Waals surface area (Å²) >= 11 is 0. The van der Waals surface area contributed by atoms with Gasteiger partial charge in [-0.2, -0.15) is 5.26 Å². The molecule has 0 fully saturated rings. The third-order valence-corrected chi connectivity index (χ3v) is 2.53. The Kier molecular flexibility index (Phi) is 3.17. The second kappa shape index (κ2) is 4.77. The Morgan fingerprint density at radius 1 is 1.12 bits per heavy atom. The van der Waals surface area contributed by atoms with Gasteiger partial charge < -0.3 is 5.11 Å². The Labute approximate surface area is 98.6 Å². The molecule has 0 amide bonds. The largest absolute Gasteiger partial charge is 0.384 e. The van der Waals surface area contributed by atoms with Gasteiger partial charge in [-0.3, -0.25) is 0 Å². The SMILES string of the molecule is N#Cc1ccc(F)c(C(O)c2ccccc2)c1. The molecule has 1 atom stereocenters. The van der Waals surface area contributed by atoms with Crippen molar-refractivity contribution in [3.8, 4) is 6.07 Å². The number of halogens is 1. The molecule has 0 aliphatic carbocycles. The molecule has 0 bridgehead atoms. The summed E-state index contributed by atoms with van der Waals surface area (Å²) in [5.74, 6) is -0.514. The molecule has 2 aromatic carbocycles. The molecular formula is C14H10FNO. The number of hydrogen-bond donors (Lipinski definition) is 1. The van der Waals surface area contributed by atoms with Crippen LogP contribution in [0.1, 0.15) is 22.8 Å². The van der Waals surface area contributed by atoms with Gasteiger partial charge in [0.25, 0.3) is 0 Å². The first-order valence-corrected chi connectivity index (χ1v) is 5.15. The third kappa shape index (κ3) is 2.32. The number of aliphatic hydroxyl groups excluding tert-OH is 1. The lowest BCUT2D eigenvalue weighted by molar-refractivity contribution is 0.215. The molecule has 1 unspecified atom stereocenters. The highest BCUT2D eigenvalue weighted by atomic mass is 19.1. The lowest BCUT2D eigenvalue weighted by Gasteiger charge is -2.12. The summed E-state index contributed by atoms with van der Waals surface area (Å²) in [6.45, 7) is 0. The van der Waals surface area contributed by atoms with Gasteiger partial charge in [-0.05, 0) is 23.8 Å². The number of aliphatic hydroxyl groups is 1. The summed E-state index contributed by atoms with van der Waals surface area (Å²) in [6, 6.07) is 14.6. The maximum atomic E-state index is 13.6. The van der Waals surface area contributed by atoms with Gasteiger partial charge in [0.05, 0.1) is 11.6 Å². The number of nitriles is 1. The molecular weight excluding hydrogens is 217 g/mol. The number of benzene rings is 2. The summed E-state index contributed by atoms with van der Waals surface area (Å²) in [5, 5.41) is 18.8. The molecule has 0 aliphatic heterocycles. The van der Waals surface area contributed by atoms with E-state index >= 15 is 0 Å². The zero-order valence-corrected chi connectivity index (χ0v) is 8.97. The molecule has 0 aliphatic rings. The summed E-state index contributed by atoms with van der Waals surface area (Å²) in [6.07, 6.45) is -1.05. The predicted octanol–water partition coefficient (Wildman–Crippen LogP) is 2.78. The van der Waals surface area contributed by atoms with Crippen molar-refractivity contribution in [1.82, 2.24) is 0 Å². The Bertz CT molecular complexity index is 560. The summed E-state index contributed by atoms with van der Waals surface area (Å²) in [7, 11) is 0. The number of rotatable bonds is 2. The van der Waals surface area contributed by atoms with Gasteiger partial charge in [0.1, 0.15) is 11.9 Å². The van der Waals surface area contributed by atoms with E-state index in [2.05, 4.69) is 0 Å². The van der Waals surface area contributed by atoms with E-state index in [0.717, 1.165) is 0 Å². The van der Waals surface area contributed by atoms with Gasteiger partial charge in [-0.15, -0.1) is 0 Å². The van der Waals surface area contributed by atoms with Crippen LogP contribution < -0.4 is 0 Å². The van der Waals surface area contributed by atoms with Crippen LogP contribution in [0.15, 0.2) is 48.5 Å². The number of hydrogen-bond acceptors (Lipinski definition) is 2. The average Bonchev–Trinajstić information content (AvgIpc) is 2.39. The van der Waals surface area contributed by atoms with E-state index in [1.807, 2.05) is 12.1 Å². The van der Waals surface area contributed by atoms with E-state index in [4.69, 9.17) is 5.26 Å². The first-order valence-electron chi connectivity index (χ1n) is 5.15. The van der Waals surface area contributed by atoms with Crippen molar-refractivity contribution in [2.24, 2.45) is 0 Å². The molecule has 0 radical (unpaired) electrons. The lowest BCUT2D eigenvalue weighted by atomic mass is 9.99. The van der Waals surface area contributed by atoms with Crippen LogP contribution in [0.3, 0.4) is 0 Å². The molecule has 84 valence electrons. The summed E-state index contributed by atoms with van der Waals surface area (Å²) < 4.78 is 13.6. The molecule has 0 heterocycles. The quantitative estimate of drug-likeness (QED) is 0.857. The highest BCUT2D eigenvalue weighted by Crippen LogP contribution is 2.24. The van der Waals surface area contributed by atoms with Crippen LogP contribution >= 0.6 is 0 Å². The fourth-order valence-electron chi connectivity index (χ4n) is 1.64. The molecule has 2 aromatic rings. The minimum absolute atomic E-state index is 0.121. The van der Waals surface area contributed by atoms with Gasteiger partial charge in [0.15, 0.2) is 0 Å². The van der Waals surface area contributed by atoms with Gasteiger partial charge in [0, 0.05) is 5.56 Å². The van der Waals surface area contributed by atoms with Crippen LogP contribution in [-0.2, 0) is 0 Å². The van der Waals surface area contributed by atoms with Crippen molar-refractivity contribution in [3.05, 3.63) is 71.0 Å². The monoisotopic (exact) mass is 227 g/mol. The molecule has 0 saturated heterocycles. The van der Waals surface area contributed by atoms with Crippen LogP contribution in [0.25, 0.3) is 0 Å². The van der Waals surface area contributed by atoms with E-state index in [-0.39, 0.29) is 5.56 Å². The van der Waals surface area contributed by atoms with Crippen molar-refractivity contribution < 1.29 is 9.50 Å². The van der Waals surface area contributed by atoms with Crippen LogP contribution in [0.5, 0.6) is 0 Å². The minimum Gasteiger partial charge on any atom is -0.384 e. The van der Waals surface area contributed by atoms with Crippen LogP contribution in [-0.4, -0.2) is 5.11 Å². The fourth-order valence-corrected chi connectivity index (χ4v) is 1.64. The molecule has 17 heavy (non-hydrogen) atoms. The average molecular weight is 227 g/mol. The second-order valence-electron chi connectivity index (χ2n) is 3.66. The van der Waals surface area contributed by atoms with E-state index in [0.29, 0.717) is 11.1 Å². The molecule has 1 N–H and O–H groups in total. The molecule has 0 saturated carbocycles. The van der Waals surface area contributed by atoms with E-state index in [1.54, 1.807) is 24.3 Å². The zero-order chi connectivity index (χ0) is 12.3. The van der Waals surface area contributed by atoms with Gasteiger partial charge in [0.2, 0.25) is 0 Å². The molecule has 3 heteroatoms. The maximum Gasteiger partial charge on any atom is 0.129 e. The first kappa shape index (κ1) is 11.3. The summed E-state index contributed by atoms with van der Waals surface area (Å²) in [5.41, 5.74) is 1.05. The molecule has 0 spiro atoms. The normalized spacial score (nSPS) is 11.8. The molecule has 0 aromatic heterocycles. The van der Waals surface area contributed by atoms with Crippen molar-refractivity contribution in [1.29, 1.82) is 5.26 Å². The molecule has 2 rings (SSSR count). The Hall–Kier alpha value is -2.18. The zero-order valence-electron chi connectivity index (χ0n) is 8.97. The Morgan fingerprint density at radius 3 is 2.47 bits per heavy atom. The predicted molar refractivity (Wildman–Crippen MR) is 61.6 cm³/mol. The van der Waals surface area contributed by atoms with Crippen molar-refractivity contribution >= 4 is 0 Å². The van der Waals surface area contributed by atoms with E-state index in [1.165, 1.54) is 18.2 Å². The Balaban J connectivity index is 2.44. The second-order valence-corrected chi connectivity index (χ2v) is 3.66. The first-order chi connectivity index (χ1) is 8.22. The third-order valence-electron chi connectivity index (χ3n) is 2.53. The van der Waals surface area contributed by atoms with Crippen molar-refractivity contribution in [2.45, 2.75) is 6.10 Å². The highest BCUT2D eigenvalue weighted by molar-refractivity contribution is 5.38. The van der Waals surface area contributed by atoms with Gasteiger partial charge in [-0.25, -0.2) is 4.39 Å². The van der Waals surface area contributed by atoms with Crippen LogP contribution in [0.4, 0.5) is 4.39 Å². The van der Waals surface area contributed by atoms with Crippen molar-refractivity contribution in [3.63, 3.8) is 0 Å². The number of nitrogens with zero attached hydrogens (tertiary/aromatic N) is 1. The van der Waals surface area contributed by atoms with E-state index < -0.39 is 11.9 Å².